The Morgan fingerprint density at radius 2 is 1.84 bits per heavy atom. The van der Waals surface area contributed by atoms with Crippen LogP contribution in [0.2, 0.25) is 0 Å². The molecule has 3 rings (SSSR count). The van der Waals surface area contributed by atoms with Crippen LogP contribution in [0.5, 0.6) is 11.5 Å². The van der Waals surface area contributed by atoms with Crippen LogP contribution >= 0.6 is 11.3 Å². The molecule has 0 saturated heterocycles. The molecule has 0 aliphatic rings. The minimum atomic E-state index is 0.532. The summed E-state index contributed by atoms with van der Waals surface area (Å²) in [6, 6.07) is 17.5. The summed E-state index contributed by atoms with van der Waals surface area (Å²) in [6.45, 7) is 0. The second kappa shape index (κ2) is 7.65. The number of allylic oxidation sites excluding steroid dienone is 1. The first kappa shape index (κ1) is 16.7. The predicted octanol–water partition coefficient (Wildman–Crippen LogP) is 4.89. The summed E-state index contributed by atoms with van der Waals surface area (Å²) in [4.78, 5) is 4.60. The predicted molar refractivity (Wildman–Crippen MR) is 101 cm³/mol. The van der Waals surface area contributed by atoms with Crippen molar-refractivity contribution in [3.63, 3.8) is 0 Å². The molecule has 2 aromatic carbocycles. The Balaban J connectivity index is 1.90. The van der Waals surface area contributed by atoms with E-state index in [2.05, 4.69) is 11.1 Å². The summed E-state index contributed by atoms with van der Waals surface area (Å²) in [5, 5.41) is 12.1. The topological polar surface area (TPSA) is 55.1 Å². The van der Waals surface area contributed by atoms with Gasteiger partial charge in [0.2, 0.25) is 0 Å². The van der Waals surface area contributed by atoms with Gasteiger partial charge in [-0.1, -0.05) is 24.3 Å². The van der Waals surface area contributed by atoms with E-state index in [9.17, 15) is 5.26 Å². The van der Waals surface area contributed by atoms with Crippen LogP contribution in [-0.4, -0.2) is 19.2 Å². The molecule has 0 N–H and O–H groups in total. The smallest absolute Gasteiger partial charge is 0.134 e. The number of hydrogen-bond acceptors (Lipinski definition) is 5. The number of thiazole rings is 1. The molecule has 0 saturated carbocycles. The quantitative estimate of drug-likeness (QED) is 0.616. The van der Waals surface area contributed by atoms with Gasteiger partial charge in [-0.3, -0.25) is 0 Å². The lowest BCUT2D eigenvalue weighted by Crippen LogP contribution is -1.85. The Kier molecular flexibility index (Phi) is 5.12. The average molecular weight is 348 g/mol. The number of nitrogens with zero attached hydrogens (tertiary/aromatic N) is 2. The number of nitriles is 1. The summed E-state index contributed by atoms with van der Waals surface area (Å²) in [5.41, 5.74) is 3.25. The maximum Gasteiger partial charge on any atom is 0.134 e. The van der Waals surface area contributed by atoms with Crippen molar-refractivity contribution in [3.8, 4) is 28.8 Å². The molecule has 0 bridgehead atoms. The molecule has 25 heavy (non-hydrogen) atoms. The highest BCUT2D eigenvalue weighted by molar-refractivity contribution is 7.11. The molecule has 4 nitrogen and oxygen atoms in total. The Bertz CT molecular complexity index is 937. The second-order valence-corrected chi connectivity index (χ2v) is 6.07. The SMILES string of the molecule is COc1ccc(C=C(C#N)c2nc(-c3cccc(OC)c3)cs2)cc1. The van der Waals surface area contributed by atoms with Crippen molar-refractivity contribution in [2.24, 2.45) is 0 Å². The van der Waals surface area contributed by atoms with Crippen molar-refractivity contribution in [2.75, 3.05) is 14.2 Å². The zero-order valence-electron chi connectivity index (χ0n) is 13.9. The third-order valence-electron chi connectivity index (χ3n) is 3.65. The molecule has 0 atom stereocenters. The van der Waals surface area contributed by atoms with Crippen molar-refractivity contribution < 1.29 is 9.47 Å². The van der Waals surface area contributed by atoms with Crippen LogP contribution in [0.3, 0.4) is 0 Å². The zero-order valence-corrected chi connectivity index (χ0v) is 14.7. The van der Waals surface area contributed by atoms with Gasteiger partial charge in [0.25, 0.3) is 0 Å². The van der Waals surface area contributed by atoms with Gasteiger partial charge in [0.1, 0.15) is 22.6 Å². The van der Waals surface area contributed by atoms with Gasteiger partial charge < -0.3 is 9.47 Å². The number of methoxy groups -OCH3 is 2. The van der Waals surface area contributed by atoms with Crippen molar-refractivity contribution in [1.29, 1.82) is 5.26 Å². The van der Waals surface area contributed by atoms with E-state index in [1.807, 2.05) is 60.0 Å². The van der Waals surface area contributed by atoms with Crippen molar-refractivity contribution in [1.82, 2.24) is 4.98 Å². The Morgan fingerprint density at radius 1 is 1.08 bits per heavy atom. The summed E-state index contributed by atoms with van der Waals surface area (Å²) in [7, 11) is 3.26. The van der Waals surface area contributed by atoms with Crippen molar-refractivity contribution in [3.05, 3.63) is 64.5 Å². The van der Waals surface area contributed by atoms with Crippen LogP contribution in [0.4, 0.5) is 0 Å². The molecule has 3 aromatic rings. The van der Waals surface area contributed by atoms with Crippen LogP contribution in [-0.2, 0) is 0 Å². The third kappa shape index (κ3) is 3.87. The van der Waals surface area contributed by atoms with E-state index in [1.165, 1.54) is 11.3 Å². The van der Waals surface area contributed by atoms with E-state index in [1.54, 1.807) is 14.2 Å². The van der Waals surface area contributed by atoms with Gasteiger partial charge in [0, 0.05) is 10.9 Å². The molecule has 0 aliphatic carbocycles. The highest BCUT2D eigenvalue weighted by Crippen LogP contribution is 2.29. The van der Waals surface area contributed by atoms with Crippen LogP contribution in [0.15, 0.2) is 53.9 Å². The summed E-state index contributed by atoms with van der Waals surface area (Å²) >= 11 is 1.45. The number of rotatable bonds is 5. The molecule has 0 aliphatic heterocycles. The minimum Gasteiger partial charge on any atom is -0.497 e. The Labute approximate surface area is 150 Å². The van der Waals surface area contributed by atoms with E-state index >= 15 is 0 Å². The first-order valence-electron chi connectivity index (χ1n) is 7.59. The lowest BCUT2D eigenvalue weighted by Gasteiger charge is -2.01. The Morgan fingerprint density at radius 3 is 2.52 bits per heavy atom. The lowest BCUT2D eigenvalue weighted by atomic mass is 10.1. The normalized spacial score (nSPS) is 11.0. The molecule has 0 unspecified atom stereocenters. The number of aromatic nitrogens is 1. The van der Waals surface area contributed by atoms with Crippen molar-refractivity contribution in [2.45, 2.75) is 0 Å². The molecule has 0 amide bonds. The monoisotopic (exact) mass is 348 g/mol. The summed E-state index contributed by atoms with van der Waals surface area (Å²) < 4.78 is 10.4. The fourth-order valence-electron chi connectivity index (χ4n) is 2.32. The van der Waals surface area contributed by atoms with E-state index in [0.717, 1.165) is 28.3 Å². The lowest BCUT2D eigenvalue weighted by molar-refractivity contribution is 0.414. The van der Waals surface area contributed by atoms with Gasteiger partial charge in [-0.15, -0.1) is 11.3 Å². The number of benzene rings is 2. The van der Waals surface area contributed by atoms with E-state index in [4.69, 9.17) is 9.47 Å². The molecule has 1 aromatic heterocycles. The molecular weight excluding hydrogens is 332 g/mol. The summed E-state index contributed by atoms with van der Waals surface area (Å²) in [6.07, 6.45) is 1.83. The van der Waals surface area contributed by atoms with Gasteiger partial charge in [-0.2, -0.15) is 5.26 Å². The van der Waals surface area contributed by atoms with Crippen LogP contribution in [0, 0.1) is 11.3 Å². The molecule has 0 spiro atoms. The number of hydrogen-bond donors (Lipinski definition) is 0. The standard InChI is InChI=1S/C20H16N2O2S/c1-23-17-8-6-14(7-9-17)10-16(12-21)20-22-19(13-25-20)15-4-3-5-18(11-15)24-2/h3-11,13H,1-2H3. The van der Waals surface area contributed by atoms with Gasteiger partial charge in [0.05, 0.1) is 25.5 Å². The van der Waals surface area contributed by atoms with Gasteiger partial charge in [-0.25, -0.2) is 4.98 Å². The molecule has 0 fully saturated rings. The molecule has 5 heteroatoms. The Hall–Kier alpha value is -3.10. The van der Waals surface area contributed by atoms with Crippen molar-refractivity contribution >= 4 is 23.0 Å². The van der Waals surface area contributed by atoms with Crippen LogP contribution in [0.25, 0.3) is 22.9 Å². The zero-order chi connectivity index (χ0) is 17.6. The van der Waals surface area contributed by atoms with Gasteiger partial charge >= 0.3 is 0 Å². The van der Waals surface area contributed by atoms with Gasteiger partial charge in [0.15, 0.2) is 0 Å². The third-order valence-corrected chi connectivity index (χ3v) is 4.52. The fraction of sp³-hybridized carbons (Fsp3) is 0.100. The largest absolute Gasteiger partial charge is 0.497 e. The molecular formula is C20H16N2O2S. The first-order chi connectivity index (χ1) is 12.2. The summed E-state index contributed by atoms with van der Waals surface area (Å²) in [5.74, 6) is 1.56. The maximum absolute atomic E-state index is 9.51. The van der Waals surface area contributed by atoms with Crippen LogP contribution < -0.4 is 9.47 Å². The van der Waals surface area contributed by atoms with E-state index in [0.29, 0.717) is 10.6 Å². The molecule has 124 valence electrons. The number of ether oxygens (including phenoxy) is 2. The first-order valence-corrected chi connectivity index (χ1v) is 8.47. The molecule has 0 radical (unpaired) electrons. The second-order valence-electron chi connectivity index (χ2n) is 5.21. The molecule has 1 heterocycles. The minimum absolute atomic E-state index is 0.532. The highest BCUT2D eigenvalue weighted by atomic mass is 32.1. The fourth-order valence-corrected chi connectivity index (χ4v) is 3.12. The van der Waals surface area contributed by atoms with E-state index < -0.39 is 0 Å². The average Bonchev–Trinajstić information content (AvgIpc) is 3.16. The van der Waals surface area contributed by atoms with Crippen LogP contribution in [0.1, 0.15) is 10.6 Å². The maximum atomic E-state index is 9.51. The van der Waals surface area contributed by atoms with E-state index in [-0.39, 0.29) is 0 Å². The van der Waals surface area contributed by atoms with Gasteiger partial charge in [-0.05, 0) is 35.9 Å². The highest BCUT2D eigenvalue weighted by Gasteiger charge is 2.10.